The second-order valence-corrected chi connectivity index (χ2v) is 4.07. The molecule has 1 heterocycles. The number of epoxide rings is 1. The summed E-state index contributed by atoms with van der Waals surface area (Å²) in [5.74, 6) is -2.12. The summed E-state index contributed by atoms with van der Waals surface area (Å²) in [6.45, 7) is 0.0394. The normalized spacial score (nSPS) is 21.1. The van der Waals surface area contributed by atoms with Crippen LogP contribution in [0.1, 0.15) is 11.1 Å². The summed E-state index contributed by atoms with van der Waals surface area (Å²) in [5.41, 5.74) is -1.71. The molecule has 0 aliphatic carbocycles. The Balaban J connectivity index is 2.26. The van der Waals surface area contributed by atoms with Crippen LogP contribution in [0.5, 0.6) is 0 Å². The number of amides is 1. The maximum Gasteiger partial charge on any atom is 0.417 e. The van der Waals surface area contributed by atoms with Gasteiger partial charge in [0.1, 0.15) is 6.61 Å². The smallest absolute Gasteiger partial charge is 0.344 e. The predicted molar refractivity (Wildman–Crippen MR) is 60.5 cm³/mol. The highest BCUT2D eigenvalue weighted by Gasteiger charge is 2.53. The Morgan fingerprint density at radius 1 is 1.55 bits per heavy atom. The lowest BCUT2D eigenvalue weighted by Crippen LogP contribution is -2.33. The average molecular weight is 286 g/mol. The molecule has 1 fully saturated rings. The number of benzene rings is 1. The molecule has 8 heteroatoms. The van der Waals surface area contributed by atoms with Gasteiger partial charge in [0.15, 0.2) is 0 Å². The molecule has 5 nitrogen and oxygen atoms in total. The number of ether oxygens (including phenoxy) is 2. The third-order valence-electron chi connectivity index (χ3n) is 2.79. The van der Waals surface area contributed by atoms with E-state index in [1.807, 2.05) is 0 Å². The van der Waals surface area contributed by atoms with Gasteiger partial charge < -0.3 is 14.8 Å². The predicted octanol–water partition coefficient (Wildman–Crippen LogP) is 1.89. The number of anilines is 1. The second-order valence-electron chi connectivity index (χ2n) is 4.07. The zero-order chi connectivity index (χ0) is 15.0. The van der Waals surface area contributed by atoms with Gasteiger partial charge in [-0.2, -0.15) is 18.4 Å². The van der Waals surface area contributed by atoms with E-state index in [9.17, 15) is 18.0 Å². The number of nitrogens with zero attached hydrogens (tertiary/aromatic N) is 1. The standard InChI is InChI=1S/C12H9F3N2O3/c1-19-11(6-20-11)10(18)17-8-3-2-7(5-16)9(4-8)12(13,14)15/h2-4H,6H2,1H3,(H,17,18)/t11-/m0/s1. The number of carbonyl (C=O) groups is 1. The maximum atomic E-state index is 12.8. The Morgan fingerprint density at radius 2 is 2.20 bits per heavy atom. The van der Waals surface area contributed by atoms with Crippen LogP contribution in [0.15, 0.2) is 18.2 Å². The Hall–Kier alpha value is -2.11. The van der Waals surface area contributed by atoms with E-state index in [2.05, 4.69) is 5.32 Å². The molecule has 1 saturated heterocycles. The lowest BCUT2D eigenvalue weighted by molar-refractivity contribution is -0.138. The summed E-state index contributed by atoms with van der Waals surface area (Å²) in [7, 11) is 1.26. The molecule has 20 heavy (non-hydrogen) atoms. The number of alkyl halides is 3. The highest BCUT2D eigenvalue weighted by Crippen LogP contribution is 2.34. The summed E-state index contributed by atoms with van der Waals surface area (Å²) in [6.07, 6.45) is -4.68. The molecule has 1 atom stereocenters. The van der Waals surface area contributed by atoms with Crippen molar-refractivity contribution in [3.8, 4) is 6.07 Å². The lowest BCUT2D eigenvalue weighted by atomic mass is 10.1. The van der Waals surface area contributed by atoms with Gasteiger partial charge in [-0.15, -0.1) is 0 Å². The van der Waals surface area contributed by atoms with Crippen molar-refractivity contribution >= 4 is 11.6 Å². The molecule has 0 aromatic heterocycles. The van der Waals surface area contributed by atoms with Crippen molar-refractivity contribution in [3.63, 3.8) is 0 Å². The van der Waals surface area contributed by atoms with Crippen molar-refractivity contribution < 1.29 is 27.4 Å². The number of nitrogens with one attached hydrogen (secondary N) is 1. The van der Waals surface area contributed by atoms with Crippen molar-refractivity contribution in [2.45, 2.75) is 12.0 Å². The fraction of sp³-hybridized carbons (Fsp3) is 0.333. The average Bonchev–Trinajstić information content (AvgIpc) is 3.18. The van der Waals surface area contributed by atoms with Gasteiger partial charge in [-0.3, -0.25) is 4.79 Å². The number of carbonyl (C=O) groups excluding carboxylic acids is 1. The Kier molecular flexibility index (Phi) is 3.41. The molecule has 1 aromatic rings. The van der Waals surface area contributed by atoms with Crippen molar-refractivity contribution in [1.82, 2.24) is 0 Å². The van der Waals surface area contributed by atoms with Crippen LogP contribution in [0.25, 0.3) is 0 Å². The molecule has 106 valence electrons. The molecule has 0 saturated carbocycles. The van der Waals surface area contributed by atoms with E-state index in [0.29, 0.717) is 6.07 Å². The van der Waals surface area contributed by atoms with E-state index in [-0.39, 0.29) is 12.3 Å². The minimum atomic E-state index is -4.68. The van der Waals surface area contributed by atoms with E-state index in [1.54, 1.807) is 0 Å². The molecular formula is C12H9F3N2O3. The van der Waals surface area contributed by atoms with E-state index in [4.69, 9.17) is 14.7 Å². The highest BCUT2D eigenvalue weighted by molar-refractivity contribution is 5.98. The fourth-order valence-electron chi connectivity index (χ4n) is 1.59. The van der Waals surface area contributed by atoms with Crippen molar-refractivity contribution in [3.05, 3.63) is 29.3 Å². The van der Waals surface area contributed by atoms with Gasteiger partial charge in [0.2, 0.25) is 0 Å². The Labute approximate surface area is 111 Å². The first-order valence-electron chi connectivity index (χ1n) is 5.44. The molecule has 1 aromatic carbocycles. The number of nitriles is 1. The first kappa shape index (κ1) is 14.3. The monoisotopic (exact) mass is 286 g/mol. The van der Waals surface area contributed by atoms with E-state index in [1.165, 1.54) is 19.2 Å². The van der Waals surface area contributed by atoms with Gasteiger partial charge in [-0.1, -0.05) is 0 Å². The zero-order valence-electron chi connectivity index (χ0n) is 10.2. The molecular weight excluding hydrogens is 277 g/mol. The summed E-state index contributed by atoms with van der Waals surface area (Å²) in [5, 5.41) is 10.9. The number of hydrogen-bond acceptors (Lipinski definition) is 4. The van der Waals surface area contributed by atoms with Gasteiger partial charge in [-0.05, 0) is 18.2 Å². The third-order valence-corrected chi connectivity index (χ3v) is 2.79. The lowest BCUT2D eigenvalue weighted by Gasteiger charge is -2.13. The van der Waals surface area contributed by atoms with E-state index >= 15 is 0 Å². The number of methoxy groups -OCH3 is 1. The molecule has 0 spiro atoms. The van der Waals surface area contributed by atoms with Crippen molar-refractivity contribution in [2.75, 3.05) is 19.0 Å². The summed E-state index contributed by atoms with van der Waals surface area (Å²) in [6, 6.07) is 4.35. The molecule has 1 aliphatic heterocycles. The van der Waals surface area contributed by atoms with E-state index < -0.39 is 29.0 Å². The van der Waals surface area contributed by atoms with Crippen LogP contribution in [0.3, 0.4) is 0 Å². The minimum Gasteiger partial charge on any atom is -0.344 e. The molecule has 0 bridgehead atoms. The van der Waals surface area contributed by atoms with Crippen molar-refractivity contribution in [2.24, 2.45) is 0 Å². The first-order chi connectivity index (χ1) is 9.32. The van der Waals surface area contributed by atoms with Crippen LogP contribution >= 0.6 is 0 Å². The Morgan fingerprint density at radius 3 is 2.65 bits per heavy atom. The van der Waals surface area contributed by atoms with Gasteiger partial charge >= 0.3 is 6.18 Å². The van der Waals surface area contributed by atoms with Gasteiger partial charge in [-0.25, -0.2) is 0 Å². The van der Waals surface area contributed by atoms with Crippen LogP contribution < -0.4 is 5.32 Å². The molecule has 2 rings (SSSR count). The summed E-state index contributed by atoms with van der Waals surface area (Å²) >= 11 is 0. The SMILES string of the molecule is CO[C@@]1(C(=O)Nc2ccc(C#N)c(C(F)(F)F)c2)CO1. The fourth-order valence-corrected chi connectivity index (χ4v) is 1.59. The first-order valence-corrected chi connectivity index (χ1v) is 5.44. The summed E-state index contributed by atoms with van der Waals surface area (Å²) in [4.78, 5) is 11.7. The van der Waals surface area contributed by atoms with Crippen LogP contribution in [-0.4, -0.2) is 25.4 Å². The molecule has 0 unspecified atom stereocenters. The van der Waals surface area contributed by atoms with Crippen LogP contribution in [0.4, 0.5) is 18.9 Å². The van der Waals surface area contributed by atoms with Crippen LogP contribution in [0, 0.1) is 11.3 Å². The van der Waals surface area contributed by atoms with Gasteiger partial charge in [0.05, 0.1) is 17.2 Å². The number of halogens is 3. The third kappa shape index (κ3) is 2.59. The molecule has 1 N–H and O–H groups in total. The quantitative estimate of drug-likeness (QED) is 0.861. The minimum absolute atomic E-state index is 0.0394. The molecule has 1 aliphatic rings. The number of hydrogen-bond donors (Lipinski definition) is 1. The largest absolute Gasteiger partial charge is 0.417 e. The Bertz CT molecular complexity index is 589. The summed E-state index contributed by atoms with van der Waals surface area (Å²) < 4.78 is 47.9. The molecule has 0 radical (unpaired) electrons. The topological polar surface area (TPSA) is 74.6 Å². The zero-order valence-corrected chi connectivity index (χ0v) is 10.2. The number of rotatable bonds is 3. The van der Waals surface area contributed by atoms with Crippen LogP contribution in [-0.2, 0) is 20.4 Å². The second kappa shape index (κ2) is 4.77. The van der Waals surface area contributed by atoms with Gasteiger partial charge in [0, 0.05) is 12.8 Å². The van der Waals surface area contributed by atoms with Crippen LogP contribution in [0.2, 0.25) is 0 Å². The van der Waals surface area contributed by atoms with Crippen molar-refractivity contribution in [1.29, 1.82) is 5.26 Å². The molecule has 1 amide bonds. The van der Waals surface area contributed by atoms with Gasteiger partial charge in [0.25, 0.3) is 11.7 Å². The highest BCUT2D eigenvalue weighted by atomic mass is 19.4. The maximum absolute atomic E-state index is 12.8. The van der Waals surface area contributed by atoms with E-state index in [0.717, 1.165) is 6.07 Å².